The lowest BCUT2D eigenvalue weighted by Gasteiger charge is -2.29. The predicted molar refractivity (Wildman–Crippen MR) is 165 cm³/mol. The smallest absolute Gasteiger partial charge is 0.335 e. The van der Waals surface area contributed by atoms with Gasteiger partial charge in [-0.2, -0.15) is 5.26 Å². The number of carboxylic acid groups (broad SMARTS) is 1. The molecule has 0 radical (unpaired) electrons. The van der Waals surface area contributed by atoms with E-state index in [0.29, 0.717) is 30.0 Å². The number of fused-ring (bicyclic) bond motifs is 3. The molecule has 1 saturated heterocycles. The highest BCUT2D eigenvalue weighted by atomic mass is 19.1. The number of nitrogens with zero attached hydrogens (tertiary/aromatic N) is 4. The quantitative estimate of drug-likeness (QED) is 0.182. The maximum atomic E-state index is 15.7. The molecule has 1 N–H and O–H groups in total. The van der Waals surface area contributed by atoms with Crippen molar-refractivity contribution in [2.75, 3.05) is 6.61 Å². The topological polar surface area (TPSA) is 110 Å². The lowest BCUT2D eigenvalue weighted by Crippen LogP contribution is -2.33. The number of imidazole rings is 1. The fourth-order valence-electron chi connectivity index (χ4n) is 6.76. The Labute approximate surface area is 268 Å². The Morgan fingerprint density at radius 3 is 2.55 bits per heavy atom. The van der Waals surface area contributed by atoms with Crippen molar-refractivity contribution in [3.8, 4) is 23.2 Å². The number of benzene rings is 3. The van der Waals surface area contributed by atoms with E-state index in [1.165, 1.54) is 30.3 Å². The number of carboxylic acids is 1. The number of hydrogen-bond donors (Lipinski definition) is 1. The van der Waals surface area contributed by atoms with Gasteiger partial charge in [0.15, 0.2) is 0 Å². The molecule has 2 bridgehead atoms. The largest absolute Gasteiger partial charge is 0.478 e. The fourth-order valence-corrected chi connectivity index (χ4v) is 6.76. The van der Waals surface area contributed by atoms with Crippen LogP contribution in [0, 0.1) is 34.2 Å². The van der Waals surface area contributed by atoms with E-state index in [2.05, 4.69) is 11.9 Å². The molecule has 2 fully saturated rings. The number of halogens is 3. The highest BCUT2D eigenvalue weighted by Gasteiger charge is 2.53. The third kappa shape index (κ3) is 5.81. The van der Waals surface area contributed by atoms with E-state index in [1.54, 1.807) is 18.2 Å². The summed E-state index contributed by atoms with van der Waals surface area (Å²) in [5, 5.41) is 18.6. The second-order valence-electron chi connectivity index (χ2n) is 12.7. The van der Waals surface area contributed by atoms with Crippen molar-refractivity contribution < 1.29 is 32.5 Å². The first-order valence-corrected chi connectivity index (χ1v) is 15.2. The van der Waals surface area contributed by atoms with Gasteiger partial charge < -0.3 is 19.1 Å². The summed E-state index contributed by atoms with van der Waals surface area (Å²) in [7, 11) is 0. The number of hydrogen-bond acceptors (Lipinski definition) is 6. The average Bonchev–Trinajstić information content (AvgIpc) is 3.69. The van der Waals surface area contributed by atoms with Crippen LogP contribution < -0.4 is 4.74 Å². The molecule has 2 aromatic heterocycles. The van der Waals surface area contributed by atoms with Crippen molar-refractivity contribution in [2.24, 2.45) is 5.41 Å². The molecule has 11 heteroatoms. The molecule has 3 aromatic carbocycles. The van der Waals surface area contributed by atoms with Crippen LogP contribution in [0.2, 0.25) is 0 Å². The molecule has 2 aliphatic rings. The van der Waals surface area contributed by atoms with Gasteiger partial charge in [-0.25, -0.2) is 27.9 Å². The monoisotopic (exact) mass is 638 g/mol. The number of rotatable bonds is 9. The molecule has 1 aliphatic heterocycles. The lowest BCUT2D eigenvalue weighted by molar-refractivity contribution is -0.0367. The molecule has 8 nitrogen and oxygen atoms in total. The lowest BCUT2D eigenvalue weighted by atomic mass is 9.90. The van der Waals surface area contributed by atoms with E-state index in [1.807, 2.05) is 10.6 Å². The van der Waals surface area contributed by atoms with Gasteiger partial charge in [0.05, 0.1) is 52.7 Å². The highest BCUT2D eigenvalue weighted by molar-refractivity contribution is 5.92. The van der Waals surface area contributed by atoms with E-state index >= 15 is 8.78 Å². The fraction of sp³-hybridized carbons (Fsp3) is 0.278. The Kier molecular flexibility index (Phi) is 7.48. The van der Waals surface area contributed by atoms with Crippen molar-refractivity contribution in [1.82, 2.24) is 14.5 Å². The van der Waals surface area contributed by atoms with Gasteiger partial charge in [0, 0.05) is 23.6 Å². The normalized spacial score (nSPS) is 20.1. The average molecular weight is 639 g/mol. The van der Waals surface area contributed by atoms with Crippen LogP contribution >= 0.6 is 0 Å². The van der Waals surface area contributed by atoms with Crippen LogP contribution in [0.15, 0.2) is 66.7 Å². The number of nitriles is 1. The Balaban J connectivity index is 1.17. The van der Waals surface area contributed by atoms with Crippen LogP contribution in [-0.4, -0.2) is 37.8 Å². The molecule has 238 valence electrons. The van der Waals surface area contributed by atoms with Crippen molar-refractivity contribution in [3.63, 3.8) is 0 Å². The van der Waals surface area contributed by atoms with Gasteiger partial charge >= 0.3 is 5.97 Å². The second-order valence-corrected chi connectivity index (χ2v) is 12.7. The summed E-state index contributed by atoms with van der Waals surface area (Å²) in [6, 6.07) is 17.4. The molecule has 3 heterocycles. The standard InChI is InChI=1S/C36H29F3N4O4/c1-35-9-10-36(18-35,47-20-35)19-43-31-13-22(34(44)45)7-8-30(31)41-32(43)14-24-12-28(39)25(15-27(24)38)29-3-2-4-33(42-29)46-17-23-6-5-21(16-40)11-26(23)37/h2-8,11-13,15H,9-10,14,17-20H2,1H3,(H,44,45). The van der Waals surface area contributed by atoms with E-state index < -0.39 is 29.0 Å². The Hall–Kier alpha value is -5.21. The van der Waals surface area contributed by atoms with Crippen LogP contribution in [0.25, 0.3) is 22.3 Å². The van der Waals surface area contributed by atoms with Gasteiger partial charge in [0.25, 0.3) is 0 Å². The number of aromatic carboxylic acids is 1. The highest BCUT2D eigenvalue weighted by Crippen LogP contribution is 2.53. The maximum absolute atomic E-state index is 15.7. The van der Waals surface area contributed by atoms with Gasteiger partial charge in [0.1, 0.15) is 29.9 Å². The maximum Gasteiger partial charge on any atom is 0.335 e. The van der Waals surface area contributed by atoms with Gasteiger partial charge in [0.2, 0.25) is 5.88 Å². The van der Waals surface area contributed by atoms with E-state index in [-0.39, 0.29) is 57.8 Å². The van der Waals surface area contributed by atoms with Crippen LogP contribution in [0.5, 0.6) is 5.88 Å². The minimum atomic E-state index is -1.07. The molecular formula is C36H29F3N4O4. The summed E-state index contributed by atoms with van der Waals surface area (Å²) < 4.78 is 59.4. The first-order valence-electron chi connectivity index (χ1n) is 15.2. The summed E-state index contributed by atoms with van der Waals surface area (Å²) in [6.45, 7) is 3.08. The van der Waals surface area contributed by atoms with Gasteiger partial charge in [-0.1, -0.05) is 19.1 Å². The summed E-state index contributed by atoms with van der Waals surface area (Å²) in [4.78, 5) is 20.8. The van der Waals surface area contributed by atoms with Gasteiger partial charge in [-0.05, 0) is 78.8 Å². The zero-order valence-electron chi connectivity index (χ0n) is 25.4. The Morgan fingerprint density at radius 1 is 1.02 bits per heavy atom. The predicted octanol–water partition coefficient (Wildman–Crippen LogP) is 7.21. The Morgan fingerprint density at radius 2 is 1.85 bits per heavy atom. The van der Waals surface area contributed by atoms with Crippen LogP contribution in [-0.2, 0) is 24.3 Å². The first-order chi connectivity index (χ1) is 22.5. The third-order valence-corrected chi connectivity index (χ3v) is 9.22. The minimum absolute atomic E-state index is 0.0415. The molecule has 2 atom stereocenters. The molecule has 5 aromatic rings. The van der Waals surface area contributed by atoms with E-state index in [4.69, 9.17) is 19.7 Å². The summed E-state index contributed by atoms with van der Waals surface area (Å²) >= 11 is 0. The third-order valence-electron chi connectivity index (χ3n) is 9.22. The van der Waals surface area contributed by atoms with E-state index in [9.17, 15) is 14.3 Å². The molecule has 47 heavy (non-hydrogen) atoms. The van der Waals surface area contributed by atoms with Crippen LogP contribution in [0.4, 0.5) is 13.2 Å². The summed E-state index contributed by atoms with van der Waals surface area (Å²) in [6.07, 6.45) is 2.67. The molecule has 0 amide bonds. The molecule has 7 rings (SSSR count). The molecule has 2 unspecified atom stereocenters. The molecular weight excluding hydrogens is 609 g/mol. The number of pyridine rings is 1. The van der Waals surface area contributed by atoms with Gasteiger partial charge in [-0.3, -0.25) is 0 Å². The number of ether oxygens (including phenoxy) is 2. The SMILES string of the molecule is CC12CCC(Cn3c(Cc4cc(F)c(-c5cccc(OCc6ccc(C#N)cc6F)n5)cc4F)nc4ccc(C(=O)O)cc43)(C1)OC2. The summed E-state index contributed by atoms with van der Waals surface area (Å²) in [5.41, 5.74) is 1.42. The van der Waals surface area contributed by atoms with Crippen molar-refractivity contribution >= 4 is 17.0 Å². The zero-order valence-corrected chi connectivity index (χ0v) is 25.4. The summed E-state index contributed by atoms with van der Waals surface area (Å²) in [5.74, 6) is -2.49. The van der Waals surface area contributed by atoms with Crippen LogP contribution in [0.3, 0.4) is 0 Å². The van der Waals surface area contributed by atoms with Crippen molar-refractivity contribution in [1.29, 1.82) is 5.26 Å². The second kappa shape index (κ2) is 11.5. The van der Waals surface area contributed by atoms with Gasteiger partial charge in [-0.15, -0.1) is 0 Å². The first kappa shape index (κ1) is 30.4. The molecule has 1 saturated carbocycles. The number of aromatic nitrogens is 3. The van der Waals surface area contributed by atoms with E-state index in [0.717, 1.165) is 37.5 Å². The molecule has 0 spiro atoms. The number of carbonyl (C=O) groups is 1. The zero-order chi connectivity index (χ0) is 32.9. The van der Waals surface area contributed by atoms with Crippen molar-refractivity contribution in [2.45, 2.75) is 51.4 Å². The minimum Gasteiger partial charge on any atom is -0.478 e. The Bertz CT molecular complexity index is 2100. The van der Waals surface area contributed by atoms with Crippen LogP contribution in [0.1, 0.15) is 59.1 Å². The molecule has 1 aliphatic carbocycles. The van der Waals surface area contributed by atoms with Crippen molar-refractivity contribution in [3.05, 3.63) is 112 Å².